The molecule has 0 aromatic carbocycles. The average molecular weight is 232 g/mol. The third-order valence-corrected chi connectivity index (χ3v) is 2.50. The number of thiazole rings is 1. The summed E-state index contributed by atoms with van der Waals surface area (Å²) in [7, 11) is 0. The van der Waals surface area contributed by atoms with E-state index in [0.717, 1.165) is 18.2 Å². The van der Waals surface area contributed by atoms with Crippen LogP contribution in [0.25, 0.3) is 0 Å². The van der Waals surface area contributed by atoms with Crippen molar-refractivity contribution in [1.82, 2.24) is 4.98 Å². The number of allylic oxidation sites excluding steroid dienone is 2. The number of hydrogen-bond donors (Lipinski definition) is 0. The molecule has 0 unspecified atom stereocenters. The van der Waals surface area contributed by atoms with Crippen molar-refractivity contribution < 1.29 is 0 Å². The molecule has 0 amide bonds. The van der Waals surface area contributed by atoms with Crippen LogP contribution in [0.1, 0.15) is 11.3 Å². The maximum absolute atomic E-state index is 4.00. The highest BCUT2D eigenvalue weighted by Crippen LogP contribution is 2.06. The summed E-state index contributed by atoms with van der Waals surface area (Å²) in [6.07, 6.45) is 8.43. The zero-order valence-corrected chi connectivity index (χ0v) is 8.57. The van der Waals surface area contributed by atoms with Gasteiger partial charge in [0.15, 0.2) is 0 Å². The van der Waals surface area contributed by atoms with Crippen LogP contribution >= 0.6 is 27.3 Å². The topological polar surface area (TPSA) is 12.9 Å². The van der Waals surface area contributed by atoms with Gasteiger partial charge in [0.05, 0.1) is 5.51 Å². The summed E-state index contributed by atoms with van der Waals surface area (Å²) in [4.78, 5) is 5.33. The maximum atomic E-state index is 4.00. The maximum Gasteiger partial charge on any atom is 0.0794 e. The fraction of sp³-hybridized carbons (Fsp3) is 0.375. The van der Waals surface area contributed by atoms with Crippen molar-refractivity contribution in [3.8, 4) is 0 Å². The molecule has 3 heteroatoms. The molecule has 0 aliphatic rings. The van der Waals surface area contributed by atoms with Crippen molar-refractivity contribution in [3.05, 3.63) is 28.7 Å². The fourth-order valence-corrected chi connectivity index (χ4v) is 1.56. The molecule has 0 atom stereocenters. The van der Waals surface area contributed by atoms with Crippen LogP contribution in [0.5, 0.6) is 0 Å². The van der Waals surface area contributed by atoms with Crippen molar-refractivity contribution in [2.45, 2.75) is 12.8 Å². The summed E-state index contributed by atoms with van der Waals surface area (Å²) in [5.74, 6) is 0. The molecule has 60 valence electrons. The van der Waals surface area contributed by atoms with E-state index in [4.69, 9.17) is 0 Å². The molecule has 0 saturated heterocycles. The predicted octanol–water partition coefficient (Wildman–Crippen LogP) is 3.03. The lowest BCUT2D eigenvalue weighted by Crippen LogP contribution is -1.72. The minimum absolute atomic E-state index is 1.03. The Labute approximate surface area is 79.3 Å². The van der Waals surface area contributed by atoms with E-state index in [2.05, 4.69) is 33.1 Å². The normalized spacial score (nSPS) is 11.0. The zero-order chi connectivity index (χ0) is 7.94. The monoisotopic (exact) mass is 231 g/mol. The van der Waals surface area contributed by atoms with Crippen molar-refractivity contribution in [3.63, 3.8) is 0 Å². The van der Waals surface area contributed by atoms with Crippen LogP contribution in [0.3, 0.4) is 0 Å². The molecule has 1 aromatic rings. The van der Waals surface area contributed by atoms with E-state index < -0.39 is 0 Å². The second-order valence-corrected chi connectivity index (χ2v) is 3.88. The molecule has 0 saturated carbocycles. The highest BCUT2D eigenvalue weighted by Gasteiger charge is 1.88. The minimum atomic E-state index is 1.03. The molecule has 11 heavy (non-hydrogen) atoms. The number of nitrogens with zero attached hydrogens (tertiary/aromatic N) is 1. The first-order chi connectivity index (χ1) is 5.43. The van der Waals surface area contributed by atoms with Crippen LogP contribution in [0, 0.1) is 0 Å². The first-order valence-electron chi connectivity index (χ1n) is 3.52. The van der Waals surface area contributed by atoms with Crippen LogP contribution in [0.2, 0.25) is 0 Å². The Bertz CT molecular complexity index is 206. The lowest BCUT2D eigenvalue weighted by Gasteiger charge is -1.85. The number of aromatic nitrogens is 1. The van der Waals surface area contributed by atoms with Gasteiger partial charge in [-0.3, -0.25) is 4.98 Å². The Balaban J connectivity index is 2.23. The lowest BCUT2D eigenvalue weighted by atomic mass is 10.3. The molecule has 0 aliphatic heterocycles. The third-order valence-electron chi connectivity index (χ3n) is 1.24. The highest BCUT2D eigenvalue weighted by atomic mass is 79.9. The molecular formula is C8H10BrNS. The summed E-state index contributed by atoms with van der Waals surface area (Å²) in [6, 6.07) is 0. The lowest BCUT2D eigenvalue weighted by molar-refractivity contribution is 1.21. The highest BCUT2D eigenvalue weighted by molar-refractivity contribution is 9.09. The molecule has 0 aliphatic carbocycles. The Kier molecular flexibility index (Phi) is 4.47. The summed E-state index contributed by atoms with van der Waals surface area (Å²) in [5, 5.41) is 1.05. The van der Waals surface area contributed by atoms with E-state index in [1.807, 2.05) is 11.7 Å². The van der Waals surface area contributed by atoms with Crippen LogP contribution < -0.4 is 0 Å². The van der Waals surface area contributed by atoms with E-state index in [1.165, 1.54) is 4.88 Å². The molecule has 0 N–H and O–H groups in total. The van der Waals surface area contributed by atoms with Gasteiger partial charge in [-0.15, -0.1) is 11.3 Å². The first-order valence-corrected chi connectivity index (χ1v) is 5.52. The number of halogens is 1. The van der Waals surface area contributed by atoms with Crippen molar-refractivity contribution in [1.29, 1.82) is 0 Å². The van der Waals surface area contributed by atoms with Gasteiger partial charge >= 0.3 is 0 Å². The van der Waals surface area contributed by atoms with Crippen LogP contribution in [-0.4, -0.2) is 10.3 Å². The Morgan fingerprint density at radius 3 is 3.09 bits per heavy atom. The predicted molar refractivity (Wildman–Crippen MR) is 53.4 cm³/mol. The summed E-state index contributed by atoms with van der Waals surface area (Å²) >= 11 is 5.07. The van der Waals surface area contributed by atoms with Crippen molar-refractivity contribution in [2.24, 2.45) is 0 Å². The van der Waals surface area contributed by atoms with Gasteiger partial charge in [0.1, 0.15) is 0 Å². The average Bonchev–Trinajstić information content (AvgIpc) is 2.50. The zero-order valence-electron chi connectivity index (χ0n) is 6.16. The first kappa shape index (κ1) is 8.94. The second-order valence-electron chi connectivity index (χ2n) is 2.12. The minimum Gasteiger partial charge on any atom is -0.253 e. The molecule has 1 heterocycles. The Morgan fingerprint density at radius 1 is 1.55 bits per heavy atom. The largest absolute Gasteiger partial charge is 0.253 e. The fourth-order valence-electron chi connectivity index (χ4n) is 0.723. The van der Waals surface area contributed by atoms with Gasteiger partial charge in [-0.25, -0.2) is 0 Å². The molecule has 0 bridgehead atoms. The van der Waals surface area contributed by atoms with Crippen molar-refractivity contribution >= 4 is 27.3 Å². The molecular weight excluding hydrogens is 222 g/mol. The van der Waals surface area contributed by atoms with Gasteiger partial charge in [-0.1, -0.05) is 28.1 Å². The van der Waals surface area contributed by atoms with Gasteiger partial charge in [-0.05, 0) is 6.42 Å². The SMILES string of the molecule is BrCC/C=C/Cc1cncs1. The van der Waals surface area contributed by atoms with Crippen LogP contribution in [0.15, 0.2) is 23.9 Å². The standard InChI is InChI=1S/C8H10BrNS/c9-5-3-1-2-4-8-6-10-7-11-8/h1-2,6-7H,3-5H2/b2-1+. The smallest absolute Gasteiger partial charge is 0.0794 e. The second kappa shape index (κ2) is 5.49. The third kappa shape index (κ3) is 3.68. The van der Waals surface area contributed by atoms with E-state index in [9.17, 15) is 0 Å². The van der Waals surface area contributed by atoms with E-state index >= 15 is 0 Å². The molecule has 1 nitrogen and oxygen atoms in total. The number of alkyl halides is 1. The number of rotatable bonds is 4. The molecule has 1 aromatic heterocycles. The molecule has 0 fully saturated rings. The molecule has 1 rings (SSSR count). The molecule has 0 spiro atoms. The Morgan fingerprint density at radius 2 is 2.45 bits per heavy atom. The van der Waals surface area contributed by atoms with Crippen molar-refractivity contribution in [2.75, 3.05) is 5.33 Å². The van der Waals surface area contributed by atoms with Crippen LogP contribution in [-0.2, 0) is 6.42 Å². The summed E-state index contributed by atoms with van der Waals surface area (Å²) in [6.45, 7) is 0. The van der Waals surface area contributed by atoms with E-state index in [-0.39, 0.29) is 0 Å². The van der Waals surface area contributed by atoms with E-state index in [1.54, 1.807) is 11.3 Å². The Hall–Kier alpha value is -0.150. The summed E-state index contributed by atoms with van der Waals surface area (Å²) < 4.78 is 0. The van der Waals surface area contributed by atoms with Gasteiger partial charge in [0, 0.05) is 22.8 Å². The number of hydrogen-bond acceptors (Lipinski definition) is 2. The molecule has 0 radical (unpaired) electrons. The summed E-state index contributed by atoms with van der Waals surface area (Å²) in [5.41, 5.74) is 1.87. The van der Waals surface area contributed by atoms with E-state index in [0.29, 0.717) is 0 Å². The van der Waals surface area contributed by atoms with Gasteiger partial charge in [-0.2, -0.15) is 0 Å². The van der Waals surface area contributed by atoms with Gasteiger partial charge < -0.3 is 0 Å². The quantitative estimate of drug-likeness (QED) is 0.574. The van der Waals surface area contributed by atoms with Gasteiger partial charge in [0.2, 0.25) is 0 Å². The van der Waals surface area contributed by atoms with Crippen LogP contribution in [0.4, 0.5) is 0 Å². The van der Waals surface area contributed by atoms with Gasteiger partial charge in [0.25, 0.3) is 0 Å².